The topological polar surface area (TPSA) is 115 Å². The van der Waals surface area contributed by atoms with Crippen LogP contribution >= 0.6 is 0 Å². The molecule has 1 saturated carbocycles. The van der Waals surface area contributed by atoms with E-state index in [1.807, 2.05) is 19.9 Å². The highest BCUT2D eigenvalue weighted by Crippen LogP contribution is 2.60. The molecule has 0 heterocycles. The lowest BCUT2D eigenvalue weighted by Crippen LogP contribution is -2.45. The van der Waals surface area contributed by atoms with E-state index < -0.39 is 48.5 Å². The minimum absolute atomic E-state index is 0.203. The number of aliphatic hydroxyl groups excluding tert-OH is 4. The first-order chi connectivity index (χ1) is 12.2. The molecule has 0 radical (unpaired) electrons. The minimum atomic E-state index is -1.31. The molecule has 0 aliphatic heterocycles. The Morgan fingerprint density at radius 3 is 2.23 bits per heavy atom. The first-order valence-electron chi connectivity index (χ1n) is 9.43. The number of hydrogen-bond donors (Lipinski definition) is 4. The number of allylic oxidation sites excluding steroid dienone is 2. The number of aliphatic hydroxyl groups is 4. The molecule has 0 aromatic carbocycles. The van der Waals surface area contributed by atoms with Crippen molar-refractivity contribution in [1.82, 2.24) is 0 Å². The summed E-state index contributed by atoms with van der Waals surface area (Å²) in [4.78, 5) is 24.3. The van der Waals surface area contributed by atoms with Crippen LogP contribution in [0.15, 0.2) is 12.2 Å². The second-order valence-electron chi connectivity index (χ2n) is 7.79. The van der Waals surface area contributed by atoms with Gasteiger partial charge in [-0.2, -0.15) is 0 Å². The van der Waals surface area contributed by atoms with Gasteiger partial charge in [0.25, 0.3) is 0 Å². The van der Waals surface area contributed by atoms with E-state index in [-0.39, 0.29) is 30.5 Å². The zero-order chi connectivity index (χ0) is 20.1. The SMILES string of the molecule is C/C=C\[C@H](C)[C@H]1CC1(C)[C@@H](O)[C@@H](CO)C(=O)[C@@H](CO)[C@@H](O)CC(=O)CC. The van der Waals surface area contributed by atoms with Crippen molar-refractivity contribution in [2.45, 2.75) is 59.2 Å². The maximum Gasteiger partial charge on any atom is 0.148 e. The number of rotatable bonds is 12. The molecule has 1 rings (SSSR count). The van der Waals surface area contributed by atoms with E-state index in [2.05, 4.69) is 13.0 Å². The van der Waals surface area contributed by atoms with Crippen molar-refractivity contribution < 1.29 is 30.0 Å². The molecule has 1 aliphatic rings. The Morgan fingerprint density at radius 1 is 1.19 bits per heavy atom. The Kier molecular flexibility index (Phi) is 8.60. The highest BCUT2D eigenvalue weighted by atomic mass is 16.3. The highest BCUT2D eigenvalue weighted by Gasteiger charge is 2.59. The summed E-state index contributed by atoms with van der Waals surface area (Å²) in [6.07, 6.45) is 2.37. The zero-order valence-electron chi connectivity index (χ0n) is 16.3. The Hall–Kier alpha value is -1.08. The summed E-state index contributed by atoms with van der Waals surface area (Å²) < 4.78 is 0. The van der Waals surface area contributed by atoms with Gasteiger partial charge in [-0.1, -0.05) is 32.9 Å². The fourth-order valence-electron chi connectivity index (χ4n) is 3.98. The van der Waals surface area contributed by atoms with Crippen LogP contribution in [0.1, 0.15) is 47.0 Å². The molecule has 0 spiro atoms. The molecule has 6 nitrogen and oxygen atoms in total. The Bertz CT molecular complexity index is 516. The van der Waals surface area contributed by atoms with E-state index >= 15 is 0 Å². The van der Waals surface area contributed by atoms with Crippen molar-refractivity contribution >= 4 is 11.6 Å². The molecule has 26 heavy (non-hydrogen) atoms. The van der Waals surface area contributed by atoms with Crippen LogP contribution in [0.2, 0.25) is 0 Å². The molecule has 4 N–H and O–H groups in total. The monoisotopic (exact) mass is 370 g/mol. The van der Waals surface area contributed by atoms with Crippen LogP contribution in [0, 0.1) is 29.1 Å². The second kappa shape index (κ2) is 9.74. The smallest absolute Gasteiger partial charge is 0.148 e. The van der Waals surface area contributed by atoms with E-state index in [9.17, 15) is 30.0 Å². The van der Waals surface area contributed by atoms with Gasteiger partial charge in [0.05, 0.1) is 37.3 Å². The third-order valence-corrected chi connectivity index (χ3v) is 5.95. The summed E-state index contributed by atoms with van der Waals surface area (Å²) in [5.74, 6) is -2.63. The summed E-state index contributed by atoms with van der Waals surface area (Å²) >= 11 is 0. The molecule has 0 aromatic heterocycles. The van der Waals surface area contributed by atoms with Gasteiger partial charge in [0, 0.05) is 12.8 Å². The zero-order valence-corrected chi connectivity index (χ0v) is 16.3. The summed E-state index contributed by atoms with van der Waals surface area (Å²) in [6, 6.07) is 0. The number of carbonyl (C=O) groups is 2. The number of Topliss-reactive ketones (excluding diaryl/α,β-unsaturated/α-hetero) is 2. The van der Waals surface area contributed by atoms with E-state index in [4.69, 9.17) is 0 Å². The molecule has 7 atom stereocenters. The summed E-state index contributed by atoms with van der Waals surface area (Å²) in [6.45, 7) is 6.33. The second-order valence-corrected chi connectivity index (χ2v) is 7.79. The van der Waals surface area contributed by atoms with Crippen LogP contribution in [0.25, 0.3) is 0 Å². The Balaban J connectivity index is 2.88. The normalized spacial score (nSPS) is 28.4. The highest BCUT2D eigenvalue weighted by molar-refractivity contribution is 5.86. The maximum absolute atomic E-state index is 12.8. The molecule has 1 aliphatic carbocycles. The van der Waals surface area contributed by atoms with Crippen molar-refractivity contribution in [3.8, 4) is 0 Å². The fourth-order valence-corrected chi connectivity index (χ4v) is 3.98. The Morgan fingerprint density at radius 2 is 1.77 bits per heavy atom. The third-order valence-electron chi connectivity index (χ3n) is 5.95. The lowest BCUT2D eigenvalue weighted by atomic mass is 9.78. The summed E-state index contributed by atoms with van der Waals surface area (Å²) in [5.41, 5.74) is -0.494. The lowest BCUT2D eigenvalue weighted by Gasteiger charge is -2.30. The van der Waals surface area contributed by atoms with Crippen LogP contribution in [0.3, 0.4) is 0 Å². The van der Waals surface area contributed by atoms with Crippen molar-refractivity contribution in [2.24, 2.45) is 29.1 Å². The van der Waals surface area contributed by atoms with Gasteiger partial charge >= 0.3 is 0 Å². The van der Waals surface area contributed by atoms with Gasteiger partial charge in [0.15, 0.2) is 0 Å². The first-order valence-corrected chi connectivity index (χ1v) is 9.43. The quantitative estimate of drug-likeness (QED) is 0.383. The predicted molar refractivity (Wildman–Crippen MR) is 98.3 cm³/mol. The summed E-state index contributed by atoms with van der Waals surface area (Å²) in [7, 11) is 0. The van der Waals surface area contributed by atoms with Crippen molar-refractivity contribution in [3.63, 3.8) is 0 Å². The molecule has 0 aromatic rings. The Labute approximate surface area is 155 Å². The summed E-state index contributed by atoms with van der Waals surface area (Å²) in [5, 5.41) is 40.2. The van der Waals surface area contributed by atoms with Crippen molar-refractivity contribution in [2.75, 3.05) is 13.2 Å². The molecular formula is C20H34O6. The average molecular weight is 370 g/mol. The van der Waals surface area contributed by atoms with Gasteiger partial charge in [-0.25, -0.2) is 0 Å². The van der Waals surface area contributed by atoms with E-state index in [0.29, 0.717) is 0 Å². The minimum Gasteiger partial charge on any atom is -0.396 e. The first kappa shape index (κ1) is 23.0. The van der Waals surface area contributed by atoms with Gasteiger partial charge in [-0.05, 0) is 30.6 Å². The number of carbonyl (C=O) groups excluding carboxylic acids is 2. The lowest BCUT2D eigenvalue weighted by molar-refractivity contribution is -0.141. The van der Waals surface area contributed by atoms with Gasteiger partial charge in [-0.15, -0.1) is 0 Å². The number of hydrogen-bond acceptors (Lipinski definition) is 6. The maximum atomic E-state index is 12.8. The molecule has 1 fully saturated rings. The molecule has 0 bridgehead atoms. The van der Waals surface area contributed by atoms with Crippen LogP contribution in [0.4, 0.5) is 0 Å². The molecule has 0 saturated heterocycles. The van der Waals surface area contributed by atoms with Gasteiger partial charge in [0.1, 0.15) is 11.6 Å². The average Bonchev–Trinajstić information content (AvgIpc) is 3.29. The molecule has 0 amide bonds. The van der Waals surface area contributed by atoms with E-state index in [0.717, 1.165) is 6.42 Å². The standard InChI is InChI=1S/C20H34O6/c1-5-7-12(3)16-9-20(16,4)19(26)15(11-22)18(25)14(10-21)17(24)8-13(23)6-2/h5,7,12,14-17,19,21-22,24,26H,6,8-11H2,1-4H3/b7-5-/t12-,14-,15-,16+,17-,19-,20?/m0/s1. The van der Waals surface area contributed by atoms with Crippen LogP contribution < -0.4 is 0 Å². The van der Waals surface area contributed by atoms with Crippen LogP contribution in [-0.4, -0.2) is 57.4 Å². The molecule has 6 heteroatoms. The van der Waals surface area contributed by atoms with E-state index in [1.165, 1.54) is 0 Å². The van der Waals surface area contributed by atoms with Gasteiger partial charge < -0.3 is 20.4 Å². The van der Waals surface area contributed by atoms with Crippen LogP contribution in [0.5, 0.6) is 0 Å². The molecule has 150 valence electrons. The molecule has 1 unspecified atom stereocenters. The van der Waals surface area contributed by atoms with Crippen LogP contribution in [-0.2, 0) is 9.59 Å². The van der Waals surface area contributed by atoms with Gasteiger partial charge in [0.2, 0.25) is 0 Å². The van der Waals surface area contributed by atoms with E-state index in [1.54, 1.807) is 6.92 Å². The fraction of sp³-hybridized carbons (Fsp3) is 0.800. The van der Waals surface area contributed by atoms with Crippen molar-refractivity contribution in [3.05, 3.63) is 12.2 Å². The van der Waals surface area contributed by atoms with Gasteiger partial charge in [-0.3, -0.25) is 9.59 Å². The third kappa shape index (κ3) is 5.00. The molecular weight excluding hydrogens is 336 g/mol. The predicted octanol–water partition coefficient (Wildman–Crippen LogP) is 1.10. The largest absolute Gasteiger partial charge is 0.396 e. The van der Waals surface area contributed by atoms with Crippen molar-refractivity contribution in [1.29, 1.82) is 0 Å². The number of ketones is 2.